The van der Waals surface area contributed by atoms with Crippen molar-refractivity contribution in [3.8, 4) is 5.88 Å². The molecule has 0 bridgehead atoms. The van der Waals surface area contributed by atoms with Gasteiger partial charge in [0.2, 0.25) is 11.8 Å². The van der Waals surface area contributed by atoms with Gasteiger partial charge in [-0.15, -0.1) is 0 Å². The average Bonchev–Trinajstić information content (AvgIpc) is 3.04. The highest BCUT2D eigenvalue weighted by Gasteiger charge is 2.55. The van der Waals surface area contributed by atoms with E-state index in [4.69, 9.17) is 9.47 Å². The van der Waals surface area contributed by atoms with Crippen molar-refractivity contribution in [3.63, 3.8) is 0 Å². The van der Waals surface area contributed by atoms with Crippen LogP contribution in [0.2, 0.25) is 0 Å². The molecule has 1 spiro atoms. The van der Waals surface area contributed by atoms with Gasteiger partial charge in [-0.25, -0.2) is 4.98 Å². The Morgan fingerprint density at radius 3 is 2.92 bits per heavy atom. The summed E-state index contributed by atoms with van der Waals surface area (Å²) >= 11 is 1.96. The molecule has 1 unspecified atom stereocenters. The van der Waals surface area contributed by atoms with E-state index < -0.39 is 0 Å². The molecule has 24 heavy (non-hydrogen) atoms. The number of rotatable bonds is 4. The minimum Gasteiger partial charge on any atom is -0.477 e. The van der Waals surface area contributed by atoms with Crippen LogP contribution in [-0.4, -0.2) is 59.2 Å². The van der Waals surface area contributed by atoms with Crippen molar-refractivity contribution < 1.29 is 14.3 Å². The van der Waals surface area contributed by atoms with Gasteiger partial charge in [-0.2, -0.15) is 11.8 Å². The molecule has 6 heteroatoms. The first-order valence-electron chi connectivity index (χ1n) is 8.81. The molecule has 4 rings (SSSR count). The van der Waals surface area contributed by atoms with Crippen molar-refractivity contribution >= 4 is 17.7 Å². The van der Waals surface area contributed by atoms with Crippen molar-refractivity contribution in [1.29, 1.82) is 0 Å². The molecule has 5 nitrogen and oxygen atoms in total. The quantitative estimate of drug-likeness (QED) is 0.835. The zero-order valence-corrected chi connectivity index (χ0v) is 14.7. The first-order chi connectivity index (χ1) is 11.8. The Morgan fingerprint density at radius 1 is 1.33 bits per heavy atom. The van der Waals surface area contributed by atoms with Gasteiger partial charge in [0.25, 0.3) is 0 Å². The summed E-state index contributed by atoms with van der Waals surface area (Å²) < 4.78 is 11.9. The predicted octanol–water partition coefficient (Wildman–Crippen LogP) is 2.22. The molecule has 3 fully saturated rings. The Hall–Kier alpha value is -1.27. The first kappa shape index (κ1) is 16.2. The van der Waals surface area contributed by atoms with Gasteiger partial charge in [0.05, 0.1) is 19.7 Å². The highest BCUT2D eigenvalue weighted by Crippen LogP contribution is 2.41. The fourth-order valence-corrected chi connectivity index (χ4v) is 5.05. The number of carbonyl (C=O) groups excluding carboxylic acids is 1. The first-order valence-corrected chi connectivity index (χ1v) is 9.97. The number of pyridine rings is 1. The number of hydrogen-bond acceptors (Lipinski definition) is 5. The van der Waals surface area contributed by atoms with E-state index in [0.717, 1.165) is 50.5 Å². The molecule has 4 heterocycles. The summed E-state index contributed by atoms with van der Waals surface area (Å²) in [6, 6.07) is 5.68. The van der Waals surface area contributed by atoms with Gasteiger partial charge in [0.1, 0.15) is 5.60 Å². The van der Waals surface area contributed by atoms with E-state index in [9.17, 15) is 4.79 Å². The van der Waals surface area contributed by atoms with Crippen LogP contribution in [0.15, 0.2) is 24.4 Å². The Kier molecular flexibility index (Phi) is 4.68. The van der Waals surface area contributed by atoms with Crippen molar-refractivity contribution in [1.82, 2.24) is 9.88 Å². The third-order valence-corrected chi connectivity index (χ3v) is 6.52. The number of ether oxygens (including phenoxy) is 2. The normalized spacial score (nSPS) is 26.3. The number of carbonyl (C=O) groups is 1. The lowest BCUT2D eigenvalue weighted by Crippen LogP contribution is -2.67. The molecule has 1 aromatic heterocycles. The predicted molar refractivity (Wildman–Crippen MR) is 93.2 cm³/mol. The molecule has 0 aliphatic carbocycles. The van der Waals surface area contributed by atoms with Gasteiger partial charge in [-0.3, -0.25) is 4.79 Å². The molecule has 0 aromatic carbocycles. The summed E-state index contributed by atoms with van der Waals surface area (Å²) in [5, 5.41) is 0. The summed E-state index contributed by atoms with van der Waals surface area (Å²) in [6.45, 7) is 2.83. The minimum atomic E-state index is -0.187. The lowest BCUT2D eigenvalue weighted by molar-refractivity contribution is -0.170. The molecule has 3 aliphatic rings. The van der Waals surface area contributed by atoms with Crippen molar-refractivity contribution in [2.24, 2.45) is 11.8 Å². The molecule has 3 aliphatic heterocycles. The minimum absolute atomic E-state index is 0.187. The van der Waals surface area contributed by atoms with Gasteiger partial charge >= 0.3 is 0 Å². The smallest absolute Gasteiger partial charge is 0.225 e. The lowest BCUT2D eigenvalue weighted by Gasteiger charge is -2.51. The maximum Gasteiger partial charge on any atom is 0.225 e. The van der Waals surface area contributed by atoms with E-state index in [1.165, 1.54) is 0 Å². The highest BCUT2D eigenvalue weighted by atomic mass is 32.2. The van der Waals surface area contributed by atoms with Gasteiger partial charge in [-0.1, -0.05) is 6.07 Å². The zero-order valence-electron chi connectivity index (χ0n) is 13.9. The van der Waals surface area contributed by atoms with E-state index >= 15 is 0 Å². The molecule has 1 amide bonds. The van der Waals surface area contributed by atoms with Gasteiger partial charge < -0.3 is 14.4 Å². The van der Waals surface area contributed by atoms with Crippen LogP contribution in [0.4, 0.5) is 0 Å². The zero-order chi connectivity index (χ0) is 16.4. The van der Waals surface area contributed by atoms with Crippen molar-refractivity contribution in [2.75, 3.05) is 37.8 Å². The maximum atomic E-state index is 12.6. The van der Waals surface area contributed by atoms with Crippen LogP contribution in [0.25, 0.3) is 0 Å². The molecule has 3 saturated heterocycles. The monoisotopic (exact) mass is 348 g/mol. The van der Waals surface area contributed by atoms with Crippen LogP contribution in [0.3, 0.4) is 0 Å². The number of aromatic nitrogens is 1. The standard InChI is InChI=1S/C18H24N2O3S/c21-17(14-5-9-24-10-6-14)20-12-18(13-20)15(4-8-23-18)11-22-16-3-1-2-7-19-16/h1-3,7,14-15H,4-6,8-13H2. The molecule has 0 N–H and O–H groups in total. The second-order valence-corrected chi connectivity index (χ2v) is 8.18. The molecule has 1 aromatic rings. The fourth-order valence-electron chi connectivity index (χ4n) is 3.95. The number of nitrogens with zero attached hydrogens (tertiary/aromatic N) is 2. The summed E-state index contributed by atoms with van der Waals surface area (Å²) in [7, 11) is 0. The molecule has 1 atom stereocenters. The van der Waals surface area contributed by atoms with Crippen LogP contribution in [0, 0.1) is 11.8 Å². The number of hydrogen-bond donors (Lipinski definition) is 0. The molecule has 130 valence electrons. The summed E-state index contributed by atoms with van der Waals surface area (Å²) in [5.74, 6) is 3.80. The van der Waals surface area contributed by atoms with Crippen LogP contribution in [0.5, 0.6) is 5.88 Å². The third kappa shape index (κ3) is 3.14. The summed E-state index contributed by atoms with van der Waals surface area (Å²) in [6.07, 6.45) is 4.79. The second-order valence-electron chi connectivity index (χ2n) is 6.96. The number of amides is 1. The van der Waals surface area contributed by atoms with Crippen LogP contribution >= 0.6 is 11.8 Å². The molecule has 0 saturated carbocycles. The van der Waals surface area contributed by atoms with E-state index in [1.54, 1.807) is 6.20 Å². The Balaban J connectivity index is 1.31. The third-order valence-electron chi connectivity index (χ3n) is 5.47. The number of thioether (sulfide) groups is 1. The van der Waals surface area contributed by atoms with E-state index in [-0.39, 0.29) is 11.5 Å². The second kappa shape index (κ2) is 6.92. The highest BCUT2D eigenvalue weighted by molar-refractivity contribution is 7.99. The van der Waals surface area contributed by atoms with E-state index in [1.807, 2.05) is 34.9 Å². The Labute approximate surface area is 147 Å². The van der Waals surface area contributed by atoms with E-state index in [0.29, 0.717) is 24.3 Å². The van der Waals surface area contributed by atoms with Gasteiger partial charge in [0, 0.05) is 30.7 Å². The number of likely N-dealkylation sites (tertiary alicyclic amines) is 1. The SMILES string of the molecule is O=C(C1CCSCC1)N1CC2(C1)OCCC2COc1ccccn1. The lowest BCUT2D eigenvalue weighted by atomic mass is 9.80. The van der Waals surface area contributed by atoms with Crippen LogP contribution in [0.1, 0.15) is 19.3 Å². The van der Waals surface area contributed by atoms with Crippen molar-refractivity contribution in [2.45, 2.75) is 24.9 Å². The molecule has 0 radical (unpaired) electrons. The fraction of sp³-hybridized carbons (Fsp3) is 0.667. The van der Waals surface area contributed by atoms with E-state index in [2.05, 4.69) is 4.98 Å². The summed E-state index contributed by atoms with van der Waals surface area (Å²) in [5.41, 5.74) is -0.187. The largest absolute Gasteiger partial charge is 0.477 e. The maximum absolute atomic E-state index is 12.6. The van der Waals surface area contributed by atoms with Crippen molar-refractivity contribution in [3.05, 3.63) is 24.4 Å². The molecular weight excluding hydrogens is 324 g/mol. The van der Waals surface area contributed by atoms with Gasteiger partial charge in [-0.05, 0) is 36.8 Å². The summed E-state index contributed by atoms with van der Waals surface area (Å²) in [4.78, 5) is 18.8. The van der Waals surface area contributed by atoms with Crippen LogP contribution < -0.4 is 4.74 Å². The van der Waals surface area contributed by atoms with Gasteiger partial charge in [0.15, 0.2) is 0 Å². The average molecular weight is 348 g/mol. The topological polar surface area (TPSA) is 51.7 Å². The Bertz CT molecular complexity index is 571. The molecular formula is C18H24N2O3S. The Morgan fingerprint density at radius 2 is 2.17 bits per heavy atom. The van der Waals surface area contributed by atoms with Crippen LogP contribution in [-0.2, 0) is 9.53 Å².